The fraction of sp³-hybridized carbons (Fsp3) is 0.500. The lowest BCUT2D eigenvalue weighted by Crippen LogP contribution is -2.42. The Bertz CT molecular complexity index is 1140. The Morgan fingerprint density at radius 3 is 2.73 bits per heavy atom. The number of likely N-dealkylation sites (tertiary alicyclic amines) is 1. The first-order chi connectivity index (χ1) is 15.7. The quantitative estimate of drug-likeness (QED) is 0.616. The molecule has 11 heteroatoms. The summed E-state index contributed by atoms with van der Waals surface area (Å²) >= 11 is 0. The minimum absolute atomic E-state index is 0.0717. The van der Waals surface area contributed by atoms with Gasteiger partial charge in [0.15, 0.2) is 0 Å². The van der Waals surface area contributed by atoms with Crippen molar-refractivity contribution in [1.29, 1.82) is 0 Å². The van der Waals surface area contributed by atoms with Crippen LogP contribution >= 0.6 is 0 Å². The third kappa shape index (κ3) is 3.68. The highest BCUT2D eigenvalue weighted by Gasteiger charge is 2.48. The summed E-state index contributed by atoms with van der Waals surface area (Å²) in [5.41, 5.74) is 4.95. The molecule has 1 fully saturated rings. The van der Waals surface area contributed by atoms with Crippen LogP contribution in [0, 0.1) is 5.92 Å². The number of pyridine rings is 1. The van der Waals surface area contributed by atoms with Crippen LogP contribution in [0.25, 0.3) is 11.3 Å². The summed E-state index contributed by atoms with van der Waals surface area (Å²) in [5, 5.41) is 4.53. The average molecular weight is 461 g/mol. The van der Waals surface area contributed by atoms with Gasteiger partial charge in [0.05, 0.1) is 30.6 Å². The van der Waals surface area contributed by atoms with Crippen LogP contribution in [0.3, 0.4) is 0 Å². The number of alkyl halides is 3. The molecule has 1 saturated heterocycles. The van der Waals surface area contributed by atoms with E-state index < -0.39 is 23.2 Å². The van der Waals surface area contributed by atoms with E-state index in [1.54, 1.807) is 16.9 Å². The predicted octanol–water partition coefficient (Wildman–Crippen LogP) is 3.60. The minimum atomic E-state index is -4.64. The van der Waals surface area contributed by atoms with E-state index in [0.29, 0.717) is 32.0 Å². The number of anilines is 1. The zero-order valence-corrected chi connectivity index (χ0v) is 18.4. The number of nitrogens with zero attached hydrogens (tertiary/aromatic N) is 5. The van der Waals surface area contributed by atoms with Gasteiger partial charge in [0.2, 0.25) is 0 Å². The highest BCUT2D eigenvalue weighted by molar-refractivity contribution is 5.69. The number of aromatic nitrogens is 5. The van der Waals surface area contributed by atoms with E-state index in [1.165, 1.54) is 12.3 Å². The molecular formula is C22H26F3N7O. The van der Waals surface area contributed by atoms with E-state index in [1.807, 2.05) is 6.20 Å². The van der Waals surface area contributed by atoms with Crippen molar-refractivity contribution < 1.29 is 17.9 Å². The first-order valence-electron chi connectivity index (χ1n) is 11.0. The number of hydrogen-bond donors (Lipinski definition) is 2. The second-order valence-corrected chi connectivity index (χ2v) is 8.98. The molecule has 0 aromatic carbocycles. The van der Waals surface area contributed by atoms with Crippen molar-refractivity contribution in [3.05, 3.63) is 47.8 Å². The number of rotatable bonds is 4. The number of fused-ring (bicyclic) bond motifs is 2. The van der Waals surface area contributed by atoms with E-state index in [0.717, 1.165) is 18.1 Å². The fourth-order valence-corrected chi connectivity index (χ4v) is 5.20. The highest BCUT2D eigenvalue weighted by Crippen LogP contribution is 2.45. The summed E-state index contributed by atoms with van der Waals surface area (Å²) in [5.74, 6) is 0.654. The topological polar surface area (TPSA) is 97.9 Å². The van der Waals surface area contributed by atoms with Crippen molar-refractivity contribution in [3.63, 3.8) is 0 Å². The van der Waals surface area contributed by atoms with Gasteiger partial charge in [-0.2, -0.15) is 18.3 Å². The van der Waals surface area contributed by atoms with Crippen molar-refractivity contribution in [2.24, 2.45) is 5.92 Å². The normalized spacial score (nSPS) is 22.2. The van der Waals surface area contributed by atoms with Gasteiger partial charge in [-0.3, -0.25) is 9.58 Å². The molecule has 176 valence electrons. The van der Waals surface area contributed by atoms with E-state index in [9.17, 15) is 13.2 Å². The van der Waals surface area contributed by atoms with Gasteiger partial charge in [0.1, 0.15) is 22.8 Å². The molecule has 1 spiro atoms. The van der Waals surface area contributed by atoms with E-state index in [-0.39, 0.29) is 17.3 Å². The first kappa shape index (κ1) is 21.9. The van der Waals surface area contributed by atoms with Crippen LogP contribution in [0.15, 0.2) is 30.7 Å². The van der Waals surface area contributed by atoms with Crippen LogP contribution in [-0.2, 0) is 23.1 Å². The Morgan fingerprint density at radius 1 is 1.21 bits per heavy atom. The zero-order chi connectivity index (χ0) is 23.4. The van der Waals surface area contributed by atoms with Crippen LogP contribution in [0.4, 0.5) is 19.0 Å². The average Bonchev–Trinajstić information content (AvgIpc) is 3.48. The largest absolute Gasteiger partial charge is 0.420 e. The molecule has 2 aliphatic rings. The third-order valence-corrected chi connectivity index (χ3v) is 6.55. The fourth-order valence-electron chi connectivity index (χ4n) is 5.20. The maximum atomic E-state index is 13.7. The molecule has 2 aliphatic heterocycles. The van der Waals surface area contributed by atoms with Gasteiger partial charge in [0.25, 0.3) is 0 Å². The molecule has 0 radical (unpaired) electrons. The Kier molecular flexibility index (Phi) is 5.20. The molecule has 0 aliphatic carbocycles. The summed E-state index contributed by atoms with van der Waals surface area (Å²) in [6, 6.07) is 3.11. The minimum Gasteiger partial charge on any atom is -0.383 e. The molecule has 1 unspecified atom stereocenters. The maximum Gasteiger partial charge on any atom is 0.420 e. The number of nitrogens with one attached hydrogen (secondary N) is 1. The Labute approximate surface area is 189 Å². The SMILES string of the molecule is CC(C)C(c1ncc[nH]1)N1CC[C@]2(C1)OCCn1nc(-c3ccnc(N)c3C(F)(F)F)cc12. The van der Waals surface area contributed by atoms with Crippen molar-refractivity contribution in [1.82, 2.24) is 29.6 Å². The van der Waals surface area contributed by atoms with Crippen LogP contribution in [0.2, 0.25) is 0 Å². The van der Waals surface area contributed by atoms with Crippen LogP contribution in [0.1, 0.15) is 43.4 Å². The molecule has 8 nitrogen and oxygen atoms in total. The molecule has 0 bridgehead atoms. The van der Waals surface area contributed by atoms with Crippen molar-refractivity contribution in [2.75, 3.05) is 25.4 Å². The number of halogens is 3. The summed E-state index contributed by atoms with van der Waals surface area (Å²) in [6.07, 6.45) is 0.913. The predicted molar refractivity (Wildman–Crippen MR) is 115 cm³/mol. The number of ether oxygens (including phenoxy) is 1. The molecule has 0 saturated carbocycles. The van der Waals surface area contributed by atoms with E-state index >= 15 is 0 Å². The molecule has 3 aromatic heterocycles. The number of nitrogens with two attached hydrogens (primary N) is 1. The summed E-state index contributed by atoms with van der Waals surface area (Å²) in [4.78, 5) is 13.7. The molecule has 33 heavy (non-hydrogen) atoms. The monoisotopic (exact) mass is 461 g/mol. The van der Waals surface area contributed by atoms with Crippen molar-refractivity contribution in [2.45, 2.75) is 44.6 Å². The van der Waals surface area contributed by atoms with Crippen LogP contribution in [0.5, 0.6) is 0 Å². The number of hydrogen-bond acceptors (Lipinski definition) is 6. The van der Waals surface area contributed by atoms with Crippen molar-refractivity contribution >= 4 is 5.82 Å². The smallest absolute Gasteiger partial charge is 0.383 e. The van der Waals surface area contributed by atoms with Crippen LogP contribution in [-0.4, -0.2) is 49.3 Å². The number of H-pyrrole nitrogens is 1. The van der Waals surface area contributed by atoms with Crippen LogP contribution < -0.4 is 5.73 Å². The van der Waals surface area contributed by atoms with Gasteiger partial charge in [-0.1, -0.05) is 13.8 Å². The van der Waals surface area contributed by atoms with E-state index in [2.05, 4.69) is 38.8 Å². The van der Waals surface area contributed by atoms with Crippen molar-refractivity contribution in [3.8, 4) is 11.3 Å². The lowest BCUT2D eigenvalue weighted by molar-refractivity contribution is -0.136. The van der Waals surface area contributed by atoms with Gasteiger partial charge < -0.3 is 15.5 Å². The first-order valence-corrected chi connectivity index (χ1v) is 11.0. The second-order valence-electron chi connectivity index (χ2n) is 8.98. The standard InChI is InChI=1S/C22H26F3N7O/c1-13(2)18(20-28-6-7-29-20)31-8-4-21(12-31)16-11-15(30-32(16)9-10-33-21)14-3-5-27-19(26)17(14)22(23,24)25/h3,5-7,11,13,18H,4,8-10,12H2,1-2H3,(H2,26,27)(H,28,29)/t18?,21-/m1/s1. The lowest BCUT2D eigenvalue weighted by Gasteiger charge is -2.36. The molecule has 5 rings (SSSR count). The van der Waals surface area contributed by atoms with Gasteiger partial charge in [0, 0.05) is 37.2 Å². The molecular weight excluding hydrogens is 435 g/mol. The summed E-state index contributed by atoms with van der Waals surface area (Å²) in [6.45, 7) is 6.60. The summed E-state index contributed by atoms with van der Waals surface area (Å²) in [7, 11) is 0. The lowest BCUT2D eigenvalue weighted by atomic mass is 9.95. The highest BCUT2D eigenvalue weighted by atomic mass is 19.4. The van der Waals surface area contributed by atoms with E-state index in [4.69, 9.17) is 10.5 Å². The van der Waals surface area contributed by atoms with Gasteiger partial charge in [-0.25, -0.2) is 9.97 Å². The third-order valence-electron chi connectivity index (χ3n) is 6.55. The Hall–Kier alpha value is -2.92. The number of aromatic amines is 1. The van der Waals surface area contributed by atoms with Gasteiger partial charge in [-0.15, -0.1) is 0 Å². The number of nitrogen functional groups attached to an aromatic ring is 1. The Balaban J connectivity index is 1.52. The molecule has 5 heterocycles. The van der Waals surface area contributed by atoms with Gasteiger partial charge >= 0.3 is 6.18 Å². The Morgan fingerprint density at radius 2 is 2.03 bits per heavy atom. The second kappa shape index (κ2) is 7.84. The molecule has 3 aromatic rings. The molecule has 3 N–H and O–H groups in total. The zero-order valence-electron chi connectivity index (χ0n) is 18.4. The number of imidazole rings is 1. The maximum absolute atomic E-state index is 13.7. The molecule has 2 atom stereocenters. The molecule has 0 amide bonds. The van der Waals surface area contributed by atoms with Gasteiger partial charge in [-0.05, 0) is 24.5 Å². The summed E-state index contributed by atoms with van der Waals surface area (Å²) < 4.78 is 49.3.